The first kappa shape index (κ1) is 12.0. The van der Waals surface area contributed by atoms with Crippen LogP contribution in [0.5, 0.6) is 0 Å². The Morgan fingerprint density at radius 2 is 2.00 bits per heavy atom. The second-order valence-electron chi connectivity index (χ2n) is 3.26. The van der Waals surface area contributed by atoms with E-state index in [9.17, 15) is 23.3 Å². The molecule has 1 N–H and O–H groups in total. The van der Waals surface area contributed by atoms with E-state index in [0.717, 1.165) is 12.1 Å². The number of rotatable bonds is 2. The van der Waals surface area contributed by atoms with Gasteiger partial charge in [0, 0.05) is 17.7 Å². The molecule has 0 saturated carbocycles. The van der Waals surface area contributed by atoms with Gasteiger partial charge >= 0.3 is 6.18 Å². The molecule has 1 heterocycles. The topological polar surface area (TPSA) is 97.6 Å². The Hall–Kier alpha value is -2.52. The van der Waals surface area contributed by atoms with Gasteiger partial charge in [0.15, 0.2) is 0 Å². The molecule has 10 heteroatoms. The second-order valence-corrected chi connectivity index (χ2v) is 3.26. The summed E-state index contributed by atoms with van der Waals surface area (Å²) < 4.78 is 37.7. The number of aromatic amines is 1. The van der Waals surface area contributed by atoms with Crippen molar-refractivity contribution in [1.82, 2.24) is 20.6 Å². The van der Waals surface area contributed by atoms with Crippen LogP contribution in [-0.4, -0.2) is 25.5 Å². The van der Waals surface area contributed by atoms with Gasteiger partial charge in [-0.25, -0.2) is 0 Å². The van der Waals surface area contributed by atoms with Gasteiger partial charge in [-0.1, -0.05) is 0 Å². The average molecular weight is 259 g/mol. The first-order valence-corrected chi connectivity index (χ1v) is 4.48. The molecule has 1 aromatic heterocycles. The monoisotopic (exact) mass is 259 g/mol. The van der Waals surface area contributed by atoms with Crippen molar-refractivity contribution in [3.8, 4) is 11.4 Å². The molecule has 0 aliphatic carbocycles. The van der Waals surface area contributed by atoms with Crippen molar-refractivity contribution in [3.63, 3.8) is 0 Å². The van der Waals surface area contributed by atoms with E-state index in [1.165, 1.54) is 0 Å². The number of nitro groups is 1. The molecule has 0 radical (unpaired) electrons. The first-order valence-electron chi connectivity index (χ1n) is 4.48. The lowest BCUT2D eigenvalue weighted by atomic mass is 10.1. The summed E-state index contributed by atoms with van der Waals surface area (Å²) in [6.45, 7) is 0. The fourth-order valence-electron chi connectivity index (χ4n) is 1.29. The normalized spacial score (nSPS) is 11.5. The van der Waals surface area contributed by atoms with Crippen LogP contribution in [0.4, 0.5) is 18.9 Å². The number of hydrogen-bond donors (Lipinski definition) is 1. The standard InChI is InChI=1S/C8H4F3N5O2/c9-8(10,11)5-1-4(7-12-14-15-13-7)2-6(3-5)16(17)18/h1-3H,(H,12,13,14,15). The SMILES string of the molecule is O=[N+]([O-])c1cc(-c2nn[nH]n2)cc(C(F)(F)F)c1. The lowest BCUT2D eigenvalue weighted by molar-refractivity contribution is -0.385. The van der Waals surface area contributed by atoms with Gasteiger partial charge in [0.25, 0.3) is 5.69 Å². The molecule has 0 amide bonds. The number of nitrogens with one attached hydrogen (secondary N) is 1. The Morgan fingerprint density at radius 3 is 2.50 bits per heavy atom. The van der Waals surface area contributed by atoms with E-state index >= 15 is 0 Å². The number of nitro benzene ring substituents is 1. The van der Waals surface area contributed by atoms with E-state index in [-0.39, 0.29) is 11.4 Å². The lowest BCUT2D eigenvalue weighted by Gasteiger charge is -2.07. The minimum absolute atomic E-state index is 0.134. The summed E-state index contributed by atoms with van der Waals surface area (Å²) in [5.41, 5.74) is -1.97. The third-order valence-corrected chi connectivity index (χ3v) is 2.06. The minimum atomic E-state index is -4.69. The van der Waals surface area contributed by atoms with Crippen LogP contribution in [0.25, 0.3) is 11.4 Å². The Bertz CT molecular complexity index is 581. The molecule has 0 atom stereocenters. The predicted molar refractivity (Wildman–Crippen MR) is 51.3 cm³/mol. The van der Waals surface area contributed by atoms with Crippen molar-refractivity contribution >= 4 is 5.69 Å². The van der Waals surface area contributed by atoms with Crippen LogP contribution in [0.3, 0.4) is 0 Å². The van der Waals surface area contributed by atoms with Gasteiger partial charge in [0.1, 0.15) is 0 Å². The molecule has 2 aromatic rings. The van der Waals surface area contributed by atoms with Crippen LogP contribution in [-0.2, 0) is 6.18 Å². The maximum atomic E-state index is 12.6. The minimum Gasteiger partial charge on any atom is -0.258 e. The zero-order valence-electron chi connectivity index (χ0n) is 8.47. The summed E-state index contributed by atoms with van der Waals surface area (Å²) in [5, 5.41) is 22.8. The van der Waals surface area contributed by atoms with Crippen molar-refractivity contribution in [1.29, 1.82) is 0 Å². The summed E-state index contributed by atoms with van der Waals surface area (Å²) in [4.78, 5) is 9.66. The van der Waals surface area contributed by atoms with Crippen molar-refractivity contribution in [2.24, 2.45) is 0 Å². The molecule has 0 unspecified atom stereocenters. The Kier molecular flexibility index (Phi) is 2.69. The number of benzene rings is 1. The zero-order valence-corrected chi connectivity index (χ0v) is 8.47. The van der Waals surface area contributed by atoms with Crippen LogP contribution in [0.1, 0.15) is 5.56 Å². The van der Waals surface area contributed by atoms with Gasteiger partial charge < -0.3 is 0 Å². The van der Waals surface area contributed by atoms with Crippen LogP contribution >= 0.6 is 0 Å². The van der Waals surface area contributed by atoms with Gasteiger partial charge in [-0.2, -0.15) is 18.4 Å². The number of nitrogens with zero attached hydrogens (tertiary/aromatic N) is 4. The molecule has 0 aliphatic heterocycles. The molecular formula is C8H4F3N5O2. The zero-order chi connectivity index (χ0) is 13.3. The van der Waals surface area contributed by atoms with Crippen molar-refractivity contribution < 1.29 is 18.1 Å². The number of aromatic nitrogens is 4. The lowest BCUT2D eigenvalue weighted by Crippen LogP contribution is -2.06. The summed E-state index contributed by atoms with van der Waals surface area (Å²) in [6, 6.07) is 2.11. The molecule has 0 fully saturated rings. The van der Waals surface area contributed by atoms with E-state index < -0.39 is 22.4 Å². The largest absolute Gasteiger partial charge is 0.416 e. The fraction of sp³-hybridized carbons (Fsp3) is 0.125. The first-order chi connectivity index (χ1) is 8.38. The van der Waals surface area contributed by atoms with Crippen LogP contribution in [0.2, 0.25) is 0 Å². The quantitative estimate of drug-likeness (QED) is 0.654. The highest BCUT2D eigenvalue weighted by molar-refractivity contribution is 5.60. The van der Waals surface area contributed by atoms with E-state index in [1.54, 1.807) is 0 Å². The third-order valence-electron chi connectivity index (χ3n) is 2.06. The van der Waals surface area contributed by atoms with Gasteiger partial charge in [-0.15, -0.1) is 10.2 Å². The average Bonchev–Trinajstić information content (AvgIpc) is 2.80. The molecule has 2 rings (SSSR count). The van der Waals surface area contributed by atoms with Gasteiger partial charge in [-0.05, 0) is 11.3 Å². The molecule has 18 heavy (non-hydrogen) atoms. The summed E-state index contributed by atoms with van der Waals surface area (Å²) in [5.74, 6) is -0.149. The molecular weight excluding hydrogens is 255 g/mol. The van der Waals surface area contributed by atoms with Crippen molar-refractivity contribution in [2.45, 2.75) is 6.18 Å². The molecule has 0 saturated heterocycles. The van der Waals surface area contributed by atoms with Crippen LogP contribution in [0, 0.1) is 10.1 Å². The molecule has 0 spiro atoms. The second kappa shape index (κ2) is 4.05. The summed E-state index contributed by atoms with van der Waals surface area (Å²) in [7, 11) is 0. The third kappa shape index (κ3) is 2.26. The summed E-state index contributed by atoms with van der Waals surface area (Å²) in [6.07, 6.45) is -4.69. The highest BCUT2D eigenvalue weighted by atomic mass is 19.4. The van der Waals surface area contributed by atoms with Crippen LogP contribution in [0.15, 0.2) is 18.2 Å². The maximum Gasteiger partial charge on any atom is 0.416 e. The highest BCUT2D eigenvalue weighted by Crippen LogP contribution is 2.34. The summed E-state index contributed by atoms with van der Waals surface area (Å²) >= 11 is 0. The van der Waals surface area contributed by atoms with Gasteiger partial charge in [-0.3, -0.25) is 10.1 Å². The number of halogens is 3. The van der Waals surface area contributed by atoms with Crippen molar-refractivity contribution in [2.75, 3.05) is 0 Å². The Morgan fingerprint density at radius 1 is 1.28 bits per heavy atom. The number of alkyl halides is 3. The van der Waals surface area contributed by atoms with E-state index in [0.29, 0.717) is 6.07 Å². The Labute approximate surface area is 96.8 Å². The van der Waals surface area contributed by atoms with E-state index in [2.05, 4.69) is 20.6 Å². The molecule has 1 aromatic carbocycles. The Balaban J connectivity index is 2.61. The number of H-pyrrole nitrogens is 1. The maximum absolute atomic E-state index is 12.6. The van der Waals surface area contributed by atoms with Gasteiger partial charge in [0.05, 0.1) is 10.5 Å². The van der Waals surface area contributed by atoms with Gasteiger partial charge in [0.2, 0.25) is 5.82 Å². The van der Waals surface area contributed by atoms with Crippen LogP contribution < -0.4 is 0 Å². The smallest absolute Gasteiger partial charge is 0.258 e. The fourth-order valence-corrected chi connectivity index (χ4v) is 1.29. The number of non-ortho nitro benzene ring substituents is 1. The number of hydrogen-bond acceptors (Lipinski definition) is 5. The van der Waals surface area contributed by atoms with E-state index in [1.807, 2.05) is 0 Å². The van der Waals surface area contributed by atoms with Crippen molar-refractivity contribution in [3.05, 3.63) is 33.9 Å². The molecule has 7 nitrogen and oxygen atoms in total. The number of tetrazole rings is 1. The van der Waals surface area contributed by atoms with E-state index in [4.69, 9.17) is 0 Å². The molecule has 0 bridgehead atoms. The molecule has 94 valence electrons. The predicted octanol–water partition coefficient (Wildman–Crippen LogP) is 1.79. The molecule has 0 aliphatic rings. The highest BCUT2D eigenvalue weighted by Gasteiger charge is 2.33.